The molecule has 0 unspecified atom stereocenters. The molecule has 1 aliphatic heterocycles. The maximum atomic E-state index is 11.3. The maximum absolute atomic E-state index is 11.3. The fraction of sp³-hybridized carbons (Fsp3) is 0.467. The van der Waals surface area contributed by atoms with E-state index < -0.39 is 0 Å². The van der Waals surface area contributed by atoms with Gasteiger partial charge in [-0.1, -0.05) is 0 Å². The lowest BCUT2D eigenvalue weighted by Gasteiger charge is -2.15. The average molecular weight is 307 g/mol. The molecule has 2 aromatic heterocycles. The van der Waals surface area contributed by atoms with Gasteiger partial charge in [0.15, 0.2) is 11.2 Å². The highest BCUT2D eigenvalue weighted by Gasteiger charge is 2.06. The largest absolute Gasteiger partial charge is 0.328 e. The molecule has 0 radical (unpaired) electrons. The van der Waals surface area contributed by atoms with E-state index in [2.05, 4.69) is 5.10 Å². The summed E-state index contributed by atoms with van der Waals surface area (Å²) >= 11 is 2.02. The minimum Gasteiger partial charge on any atom is -0.328 e. The first-order chi connectivity index (χ1) is 9.97. The molecule has 0 amide bonds. The molecule has 5 nitrogen and oxygen atoms in total. The Morgan fingerprint density at radius 1 is 1.38 bits per heavy atom. The van der Waals surface area contributed by atoms with Gasteiger partial charge in [-0.15, -0.1) is 0 Å². The van der Waals surface area contributed by atoms with Crippen LogP contribution in [0, 0.1) is 6.92 Å². The molecule has 3 rings (SSSR count). The van der Waals surface area contributed by atoms with Crippen LogP contribution in [0.1, 0.15) is 35.8 Å². The topological polar surface area (TPSA) is 80.4 Å². The summed E-state index contributed by atoms with van der Waals surface area (Å²) in [6.07, 6.45) is 4.14. The molecule has 0 saturated carbocycles. The summed E-state index contributed by atoms with van der Waals surface area (Å²) in [6.45, 7) is 3.22. The van der Waals surface area contributed by atoms with Crippen molar-refractivity contribution in [2.75, 3.05) is 11.5 Å². The summed E-state index contributed by atoms with van der Waals surface area (Å²) in [4.78, 5) is 22.4. The number of nitrogens with two attached hydrogens (primary N) is 1. The zero-order valence-electron chi connectivity index (χ0n) is 12.4. The predicted molar refractivity (Wildman–Crippen MR) is 87.3 cm³/mol. The van der Waals surface area contributed by atoms with Crippen LogP contribution < -0.4 is 11.2 Å². The number of aromatic nitrogens is 2. The van der Waals surface area contributed by atoms with E-state index in [1.165, 1.54) is 37.3 Å². The quantitative estimate of drug-likeness (QED) is 0.789. The van der Waals surface area contributed by atoms with E-state index in [4.69, 9.17) is 5.73 Å². The van der Waals surface area contributed by atoms with Gasteiger partial charge >= 0.3 is 0 Å². The van der Waals surface area contributed by atoms with E-state index in [9.17, 15) is 9.59 Å². The van der Waals surface area contributed by atoms with Crippen LogP contribution in [0.5, 0.6) is 0 Å². The van der Waals surface area contributed by atoms with Crippen LogP contribution in [0.15, 0.2) is 23.1 Å². The van der Waals surface area contributed by atoms with Gasteiger partial charge in [0.2, 0.25) is 0 Å². The van der Waals surface area contributed by atoms with Gasteiger partial charge in [0.05, 0.1) is 11.2 Å². The summed E-state index contributed by atoms with van der Waals surface area (Å²) in [5.41, 5.74) is 7.48. The Bertz CT molecular complexity index is 684. The predicted octanol–water partition coefficient (Wildman–Crippen LogP) is 1.98. The molecule has 3 heterocycles. The van der Waals surface area contributed by atoms with Crippen molar-refractivity contribution in [3.63, 3.8) is 0 Å². The second kappa shape index (κ2) is 6.95. The molecule has 0 bridgehead atoms. The van der Waals surface area contributed by atoms with Gasteiger partial charge in [0.1, 0.15) is 0 Å². The van der Waals surface area contributed by atoms with Crippen molar-refractivity contribution in [2.45, 2.75) is 32.7 Å². The van der Waals surface area contributed by atoms with E-state index >= 15 is 0 Å². The number of fused-ring (bicyclic) bond motifs is 1. The molecular formula is C15H21N3O2S. The molecule has 0 aromatic carbocycles. The summed E-state index contributed by atoms with van der Waals surface area (Å²) < 4.78 is 1.67. The maximum Gasteiger partial charge on any atom is 0.185 e. The van der Waals surface area contributed by atoms with Gasteiger partial charge in [0.25, 0.3) is 0 Å². The zero-order chi connectivity index (χ0) is 15.4. The van der Waals surface area contributed by atoms with Gasteiger partial charge in [-0.05, 0) is 37.3 Å². The number of H-pyrrole nitrogens is 1. The molecule has 0 aliphatic carbocycles. The molecule has 3 N–H and O–H groups in total. The van der Waals surface area contributed by atoms with Crippen LogP contribution in [-0.2, 0) is 0 Å². The van der Waals surface area contributed by atoms with E-state index in [1.807, 2.05) is 11.8 Å². The normalized spacial score (nSPS) is 15.6. The zero-order valence-corrected chi connectivity index (χ0v) is 13.2. The summed E-state index contributed by atoms with van der Waals surface area (Å²) in [6, 6.07) is 3.70. The summed E-state index contributed by atoms with van der Waals surface area (Å²) in [5, 5.41) is 2.89. The number of thioether (sulfide) groups is 1. The Hall–Kier alpha value is -1.53. The van der Waals surface area contributed by atoms with Crippen LogP contribution >= 0.6 is 11.8 Å². The van der Waals surface area contributed by atoms with Crippen molar-refractivity contribution in [3.05, 3.63) is 39.8 Å². The number of Topliss-reactive ketones (excluding diaryl/α,β-unsaturated/α-hetero) is 1. The van der Waals surface area contributed by atoms with Crippen molar-refractivity contribution in [1.82, 2.24) is 9.61 Å². The molecule has 114 valence electrons. The number of nitrogens with one attached hydrogen (secondary N) is 1. The van der Waals surface area contributed by atoms with Crippen LogP contribution in [0.3, 0.4) is 0 Å². The van der Waals surface area contributed by atoms with Crippen molar-refractivity contribution in [2.24, 2.45) is 5.73 Å². The number of hydrogen-bond acceptors (Lipinski definition) is 4. The number of aromatic amines is 1. The molecule has 21 heavy (non-hydrogen) atoms. The van der Waals surface area contributed by atoms with Gasteiger partial charge in [-0.3, -0.25) is 19.2 Å². The molecule has 1 saturated heterocycles. The lowest BCUT2D eigenvalue weighted by atomic mass is 10.2. The lowest BCUT2D eigenvalue weighted by molar-refractivity contribution is 0.101. The minimum atomic E-state index is -0.0428. The third-order valence-corrected chi connectivity index (χ3v) is 4.50. The second-order valence-corrected chi connectivity index (χ2v) is 6.52. The smallest absolute Gasteiger partial charge is 0.185 e. The number of ketones is 1. The molecule has 6 heteroatoms. The first kappa shape index (κ1) is 15.9. The van der Waals surface area contributed by atoms with E-state index in [1.54, 1.807) is 23.7 Å². The monoisotopic (exact) mass is 307 g/mol. The van der Waals surface area contributed by atoms with Crippen LogP contribution in [0.4, 0.5) is 0 Å². The summed E-state index contributed by atoms with van der Waals surface area (Å²) in [7, 11) is 0. The number of nitrogens with zero attached hydrogens (tertiary/aromatic N) is 1. The number of rotatable bonds is 1. The minimum absolute atomic E-state index is 0.0147. The highest BCUT2D eigenvalue weighted by Crippen LogP contribution is 2.14. The highest BCUT2D eigenvalue weighted by molar-refractivity contribution is 7.99. The Balaban J connectivity index is 0.000000194. The molecule has 1 fully saturated rings. The number of carbonyl (C=O) groups is 1. The Morgan fingerprint density at radius 3 is 2.57 bits per heavy atom. The van der Waals surface area contributed by atoms with Crippen LogP contribution in [0.25, 0.3) is 5.52 Å². The number of carbonyl (C=O) groups excluding carboxylic acids is 1. The average Bonchev–Trinajstić information content (AvgIpc) is 2.84. The fourth-order valence-corrected chi connectivity index (χ4v) is 3.21. The molecular weight excluding hydrogens is 286 g/mol. The van der Waals surface area contributed by atoms with Gasteiger partial charge in [0, 0.05) is 30.8 Å². The third-order valence-electron chi connectivity index (χ3n) is 3.45. The first-order valence-corrected chi connectivity index (χ1v) is 8.19. The van der Waals surface area contributed by atoms with E-state index in [0.29, 0.717) is 22.8 Å². The lowest BCUT2D eigenvalue weighted by Crippen LogP contribution is -2.24. The Labute approximate surface area is 127 Å². The SMILES string of the molecule is CC(=O)c1cc2cc(=O)c(C)cn2[nH]1.NC1CCSCC1. The highest BCUT2D eigenvalue weighted by atomic mass is 32.2. The summed E-state index contributed by atoms with van der Waals surface area (Å²) in [5.74, 6) is 2.52. The molecule has 2 aromatic rings. The van der Waals surface area contributed by atoms with Crippen LogP contribution in [0.2, 0.25) is 0 Å². The van der Waals surface area contributed by atoms with Crippen molar-refractivity contribution >= 4 is 23.1 Å². The number of pyridine rings is 1. The second-order valence-electron chi connectivity index (χ2n) is 5.29. The molecule has 1 aliphatic rings. The molecule has 0 spiro atoms. The number of aryl methyl sites for hydroxylation is 1. The molecule has 0 atom stereocenters. The van der Waals surface area contributed by atoms with Crippen molar-refractivity contribution < 1.29 is 4.79 Å². The van der Waals surface area contributed by atoms with Crippen LogP contribution in [-0.4, -0.2) is 32.9 Å². The van der Waals surface area contributed by atoms with Gasteiger partial charge in [-0.2, -0.15) is 11.8 Å². The van der Waals surface area contributed by atoms with Crippen molar-refractivity contribution in [3.8, 4) is 0 Å². The van der Waals surface area contributed by atoms with E-state index in [-0.39, 0.29) is 11.2 Å². The number of hydrogen-bond donors (Lipinski definition) is 2. The Kier molecular flexibility index (Phi) is 5.25. The third kappa shape index (κ3) is 4.22. The van der Waals surface area contributed by atoms with Gasteiger partial charge < -0.3 is 5.73 Å². The Morgan fingerprint density at radius 2 is 2.05 bits per heavy atom. The van der Waals surface area contributed by atoms with E-state index in [0.717, 1.165) is 0 Å². The first-order valence-electron chi connectivity index (χ1n) is 7.03. The standard InChI is InChI=1S/C10H10N2O2.C5H11NS/c1-6-5-12-8(4-10(6)14)3-9(11-12)7(2)13;6-5-1-3-7-4-2-5/h3-5,11H,1-2H3;5H,1-4,6H2. The van der Waals surface area contributed by atoms with Crippen molar-refractivity contribution in [1.29, 1.82) is 0 Å². The fourth-order valence-electron chi connectivity index (χ4n) is 2.06. The van der Waals surface area contributed by atoms with Gasteiger partial charge in [-0.25, -0.2) is 0 Å².